The molecule has 0 aliphatic carbocycles. The second-order valence-corrected chi connectivity index (χ2v) is 6.29. The van der Waals surface area contributed by atoms with Crippen LogP contribution in [0.25, 0.3) is 0 Å². The maximum Gasteiger partial charge on any atom is 0.224 e. The Kier molecular flexibility index (Phi) is 5.85. The van der Waals surface area contributed by atoms with Crippen LogP contribution in [-0.4, -0.2) is 27.1 Å². The van der Waals surface area contributed by atoms with Crippen LogP contribution in [-0.2, 0) is 4.79 Å². The SMILES string of the molecule is COc1ccccc1C(C)CC(=O)Nc1ccc(N(C)C)c(C)c1. The maximum absolute atomic E-state index is 12.4. The Morgan fingerprint density at radius 2 is 1.92 bits per heavy atom. The lowest BCUT2D eigenvalue weighted by molar-refractivity contribution is -0.116. The Bertz CT molecular complexity index is 711. The molecule has 0 saturated heterocycles. The summed E-state index contributed by atoms with van der Waals surface area (Å²) in [6, 6.07) is 13.8. The Labute approximate surface area is 144 Å². The van der Waals surface area contributed by atoms with E-state index in [-0.39, 0.29) is 11.8 Å². The van der Waals surface area contributed by atoms with Crippen LogP contribution in [0.4, 0.5) is 11.4 Å². The highest BCUT2D eigenvalue weighted by atomic mass is 16.5. The largest absolute Gasteiger partial charge is 0.496 e. The number of ether oxygens (including phenoxy) is 1. The van der Waals surface area contributed by atoms with Crippen LogP contribution >= 0.6 is 0 Å². The molecule has 4 heteroatoms. The van der Waals surface area contributed by atoms with Crippen LogP contribution < -0.4 is 15.0 Å². The van der Waals surface area contributed by atoms with Crippen LogP contribution in [0.5, 0.6) is 5.75 Å². The van der Waals surface area contributed by atoms with E-state index in [2.05, 4.69) is 10.2 Å². The summed E-state index contributed by atoms with van der Waals surface area (Å²) in [7, 11) is 5.67. The van der Waals surface area contributed by atoms with Gasteiger partial charge in [-0.2, -0.15) is 0 Å². The Morgan fingerprint density at radius 3 is 2.54 bits per heavy atom. The van der Waals surface area contributed by atoms with E-state index in [1.54, 1.807) is 7.11 Å². The molecule has 2 rings (SSSR count). The smallest absolute Gasteiger partial charge is 0.224 e. The summed E-state index contributed by atoms with van der Waals surface area (Å²) in [5.74, 6) is 0.915. The number of methoxy groups -OCH3 is 1. The number of benzene rings is 2. The van der Waals surface area contributed by atoms with Crippen LogP contribution in [0.2, 0.25) is 0 Å². The first-order chi connectivity index (χ1) is 11.4. The topological polar surface area (TPSA) is 41.6 Å². The number of carbonyl (C=O) groups excluding carboxylic acids is 1. The molecule has 1 atom stereocenters. The number of amides is 1. The van der Waals surface area contributed by atoms with Crippen molar-refractivity contribution in [2.75, 3.05) is 31.4 Å². The highest BCUT2D eigenvalue weighted by Crippen LogP contribution is 2.29. The fraction of sp³-hybridized carbons (Fsp3) is 0.350. The monoisotopic (exact) mass is 326 g/mol. The van der Waals surface area contributed by atoms with Gasteiger partial charge in [0.05, 0.1) is 7.11 Å². The summed E-state index contributed by atoms with van der Waals surface area (Å²) in [6.07, 6.45) is 0.412. The van der Waals surface area contributed by atoms with Crippen molar-refractivity contribution in [3.8, 4) is 5.75 Å². The molecule has 0 aromatic heterocycles. The molecule has 0 saturated carbocycles. The van der Waals surface area contributed by atoms with E-state index < -0.39 is 0 Å². The van der Waals surface area contributed by atoms with Crippen LogP contribution in [0.15, 0.2) is 42.5 Å². The van der Waals surface area contributed by atoms with Crippen molar-refractivity contribution >= 4 is 17.3 Å². The first-order valence-corrected chi connectivity index (χ1v) is 8.13. The van der Waals surface area contributed by atoms with Gasteiger partial charge in [0.2, 0.25) is 5.91 Å². The number of rotatable bonds is 6. The summed E-state index contributed by atoms with van der Waals surface area (Å²) in [5, 5.41) is 2.99. The van der Waals surface area contributed by atoms with Crippen molar-refractivity contribution in [1.29, 1.82) is 0 Å². The average molecular weight is 326 g/mol. The van der Waals surface area contributed by atoms with Crippen molar-refractivity contribution in [1.82, 2.24) is 0 Å². The standard InChI is InChI=1S/C20H26N2O2/c1-14(17-8-6-7-9-19(17)24-5)13-20(23)21-16-10-11-18(22(3)4)15(2)12-16/h6-12,14H,13H2,1-5H3,(H,21,23). The fourth-order valence-electron chi connectivity index (χ4n) is 2.91. The van der Waals surface area contributed by atoms with Gasteiger partial charge in [-0.25, -0.2) is 0 Å². The molecule has 1 unspecified atom stereocenters. The summed E-state index contributed by atoms with van der Waals surface area (Å²) < 4.78 is 5.38. The van der Waals surface area contributed by atoms with Crippen molar-refractivity contribution in [2.45, 2.75) is 26.2 Å². The number of para-hydroxylation sites is 1. The maximum atomic E-state index is 12.4. The molecular weight excluding hydrogens is 300 g/mol. The number of aryl methyl sites for hydroxylation is 1. The summed E-state index contributed by atoms with van der Waals surface area (Å²) in [5.41, 5.74) is 4.16. The highest BCUT2D eigenvalue weighted by Gasteiger charge is 2.15. The van der Waals surface area contributed by atoms with Gasteiger partial charge >= 0.3 is 0 Å². The third-order valence-corrected chi connectivity index (χ3v) is 4.12. The zero-order valence-corrected chi connectivity index (χ0v) is 15.1. The van der Waals surface area contributed by atoms with Gasteiger partial charge in [-0.15, -0.1) is 0 Å². The Hall–Kier alpha value is -2.49. The lowest BCUT2D eigenvalue weighted by Gasteiger charge is -2.18. The lowest BCUT2D eigenvalue weighted by Crippen LogP contribution is -2.15. The van der Waals surface area contributed by atoms with Gasteiger partial charge in [-0.05, 0) is 48.2 Å². The normalized spacial score (nSPS) is 11.7. The van der Waals surface area contributed by atoms with Crippen molar-refractivity contribution < 1.29 is 9.53 Å². The van der Waals surface area contributed by atoms with Crippen molar-refractivity contribution in [3.05, 3.63) is 53.6 Å². The van der Waals surface area contributed by atoms with E-state index in [9.17, 15) is 4.79 Å². The summed E-state index contributed by atoms with van der Waals surface area (Å²) in [6.45, 7) is 4.08. The second-order valence-electron chi connectivity index (χ2n) is 6.29. The Balaban J connectivity index is 2.04. The number of nitrogens with one attached hydrogen (secondary N) is 1. The quantitative estimate of drug-likeness (QED) is 0.865. The zero-order valence-electron chi connectivity index (χ0n) is 15.1. The molecule has 0 aliphatic heterocycles. The van der Waals surface area contributed by atoms with Gasteiger partial charge in [-0.1, -0.05) is 25.1 Å². The number of carbonyl (C=O) groups is 1. The molecule has 128 valence electrons. The molecule has 0 fully saturated rings. The van der Waals surface area contributed by atoms with Crippen molar-refractivity contribution in [2.24, 2.45) is 0 Å². The fourth-order valence-corrected chi connectivity index (χ4v) is 2.91. The van der Waals surface area contributed by atoms with E-state index in [0.717, 1.165) is 28.3 Å². The van der Waals surface area contributed by atoms with Gasteiger partial charge in [0.25, 0.3) is 0 Å². The molecule has 0 radical (unpaired) electrons. The third kappa shape index (κ3) is 4.28. The molecule has 4 nitrogen and oxygen atoms in total. The second kappa shape index (κ2) is 7.86. The molecule has 0 spiro atoms. The number of hydrogen-bond acceptors (Lipinski definition) is 3. The van der Waals surface area contributed by atoms with Crippen LogP contribution in [0.1, 0.15) is 30.4 Å². The van der Waals surface area contributed by atoms with Gasteiger partial charge < -0.3 is 15.0 Å². The minimum Gasteiger partial charge on any atom is -0.496 e. The first-order valence-electron chi connectivity index (χ1n) is 8.13. The molecular formula is C20H26N2O2. The van der Waals surface area contributed by atoms with Gasteiger partial charge in [0.1, 0.15) is 5.75 Å². The predicted molar refractivity (Wildman–Crippen MR) is 100 cm³/mol. The van der Waals surface area contributed by atoms with E-state index in [0.29, 0.717) is 6.42 Å². The Morgan fingerprint density at radius 1 is 1.21 bits per heavy atom. The molecule has 0 aliphatic rings. The minimum absolute atomic E-state index is 0.00501. The van der Waals surface area contributed by atoms with Crippen molar-refractivity contribution in [3.63, 3.8) is 0 Å². The summed E-state index contributed by atoms with van der Waals surface area (Å²) in [4.78, 5) is 14.4. The molecule has 0 heterocycles. The molecule has 1 N–H and O–H groups in total. The molecule has 2 aromatic carbocycles. The number of nitrogens with zero attached hydrogens (tertiary/aromatic N) is 1. The molecule has 1 amide bonds. The molecule has 24 heavy (non-hydrogen) atoms. The number of anilines is 2. The zero-order chi connectivity index (χ0) is 17.7. The molecule has 0 bridgehead atoms. The van der Waals surface area contributed by atoms with Gasteiger partial charge in [-0.3, -0.25) is 4.79 Å². The van der Waals surface area contributed by atoms with E-state index in [1.165, 1.54) is 0 Å². The number of hydrogen-bond donors (Lipinski definition) is 1. The van der Waals surface area contributed by atoms with E-state index in [1.807, 2.05) is 70.4 Å². The minimum atomic E-state index is 0.00501. The summed E-state index contributed by atoms with van der Waals surface area (Å²) >= 11 is 0. The first kappa shape index (κ1) is 17.9. The van der Waals surface area contributed by atoms with E-state index >= 15 is 0 Å². The van der Waals surface area contributed by atoms with Crippen LogP contribution in [0, 0.1) is 6.92 Å². The highest BCUT2D eigenvalue weighted by molar-refractivity contribution is 5.91. The third-order valence-electron chi connectivity index (χ3n) is 4.12. The van der Waals surface area contributed by atoms with Gasteiger partial charge in [0.15, 0.2) is 0 Å². The molecule has 2 aromatic rings. The average Bonchev–Trinajstić information content (AvgIpc) is 2.54. The lowest BCUT2D eigenvalue weighted by atomic mass is 9.96. The van der Waals surface area contributed by atoms with Gasteiger partial charge in [0, 0.05) is 31.9 Å². The van der Waals surface area contributed by atoms with E-state index in [4.69, 9.17) is 4.74 Å². The predicted octanol–water partition coefficient (Wildman–Crippen LogP) is 4.20. The van der Waals surface area contributed by atoms with Crippen LogP contribution in [0.3, 0.4) is 0 Å².